The number of hydrogen-bond donors (Lipinski definition) is 2. The second-order valence-electron chi connectivity index (χ2n) is 5.76. The van der Waals surface area contributed by atoms with Gasteiger partial charge in [-0.2, -0.15) is 0 Å². The number of fused-ring (bicyclic) bond motifs is 2. The maximum absolute atomic E-state index is 12.5. The summed E-state index contributed by atoms with van der Waals surface area (Å²) < 4.78 is 5.79. The Balaban J connectivity index is 1.59. The molecule has 0 radical (unpaired) electrons. The summed E-state index contributed by atoms with van der Waals surface area (Å²) in [7, 11) is 0. The molecule has 0 unspecified atom stereocenters. The first-order valence-electron chi connectivity index (χ1n) is 8.21. The number of H-pyrrole nitrogens is 1. The number of carbonyl (C=O) groups is 2. The molecule has 4 aromatic rings. The summed E-state index contributed by atoms with van der Waals surface area (Å²) in [5.74, 6) is -0.694. The van der Waals surface area contributed by atoms with Gasteiger partial charge in [-0.3, -0.25) is 10.1 Å². The molecule has 1 amide bonds. The van der Waals surface area contributed by atoms with Crippen molar-refractivity contribution in [3.63, 3.8) is 0 Å². The number of aromatic amines is 1. The number of thiazole rings is 1. The molecule has 2 heterocycles. The number of nitrogens with zero attached hydrogens (tertiary/aromatic N) is 1. The minimum Gasteiger partial charge on any atom is -0.462 e. The average molecular weight is 400 g/mol. The highest BCUT2D eigenvalue weighted by atomic mass is 35.5. The fourth-order valence-corrected chi connectivity index (χ4v) is 3.85. The van der Waals surface area contributed by atoms with Gasteiger partial charge in [0.05, 0.1) is 32.9 Å². The van der Waals surface area contributed by atoms with E-state index in [0.29, 0.717) is 39.1 Å². The van der Waals surface area contributed by atoms with Crippen molar-refractivity contribution in [2.45, 2.75) is 6.92 Å². The van der Waals surface area contributed by atoms with Gasteiger partial charge in [0.1, 0.15) is 5.69 Å². The molecule has 2 N–H and O–H groups in total. The Morgan fingerprint density at radius 2 is 2.11 bits per heavy atom. The van der Waals surface area contributed by atoms with E-state index in [2.05, 4.69) is 15.3 Å². The van der Waals surface area contributed by atoms with Gasteiger partial charge in [0, 0.05) is 5.39 Å². The Labute approximate surface area is 163 Å². The molecule has 2 aromatic heterocycles. The predicted octanol–water partition coefficient (Wildman–Crippen LogP) is 4.86. The monoisotopic (exact) mass is 399 g/mol. The number of esters is 1. The second kappa shape index (κ2) is 7.02. The van der Waals surface area contributed by atoms with Gasteiger partial charge < -0.3 is 9.72 Å². The Morgan fingerprint density at radius 1 is 1.26 bits per heavy atom. The molecule has 6 nitrogen and oxygen atoms in total. The van der Waals surface area contributed by atoms with Gasteiger partial charge in [-0.25, -0.2) is 9.78 Å². The van der Waals surface area contributed by atoms with E-state index in [1.54, 1.807) is 37.3 Å². The summed E-state index contributed by atoms with van der Waals surface area (Å²) in [6.07, 6.45) is 0. The van der Waals surface area contributed by atoms with Crippen LogP contribution in [0.5, 0.6) is 0 Å². The number of anilines is 1. The molecule has 8 heteroatoms. The highest BCUT2D eigenvalue weighted by molar-refractivity contribution is 7.22. The molecular formula is C19H14ClN3O3S. The number of nitrogens with one attached hydrogen (secondary N) is 2. The predicted molar refractivity (Wildman–Crippen MR) is 107 cm³/mol. The van der Waals surface area contributed by atoms with Crippen LogP contribution in [-0.2, 0) is 4.74 Å². The van der Waals surface area contributed by atoms with E-state index >= 15 is 0 Å². The van der Waals surface area contributed by atoms with Gasteiger partial charge in [-0.1, -0.05) is 35.1 Å². The summed E-state index contributed by atoms with van der Waals surface area (Å²) >= 11 is 7.43. The first kappa shape index (κ1) is 17.5. The lowest BCUT2D eigenvalue weighted by molar-refractivity contribution is 0.0526. The summed E-state index contributed by atoms with van der Waals surface area (Å²) in [4.78, 5) is 31.8. The van der Waals surface area contributed by atoms with Crippen LogP contribution in [0.2, 0.25) is 5.02 Å². The quantitative estimate of drug-likeness (QED) is 0.480. The van der Waals surface area contributed by atoms with E-state index in [4.69, 9.17) is 16.3 Å². The van der Waals surface area contributed by atoms with E-state index in [1.165, 1.54) is 11.3 Å². The third-order valence-electron chi connectivity index (χ3n) is 3.97. The molecule has 0 atom stereocenters. The molecule has 27 heavy (non-hydrogen) atoms. The van der Waals surface area contributed by atoms with Crippen LogP contribution < -0.4 is 5.32 Å². The number of carbonyl (C=O) groups excluding carboxylic acids is 2. The Hall–Kier alpha value is -2.90. The largest absolute Gasteiger partial charge is 0.462 e. The standard InChI is InChI=1S/C19H14ClN3O3S/c1-2-26-18(25)11-6-7-13-15(9-11)27-19(22-13)23-17(24)14-8-10-4-3-5-12(20)16(10)21-14/h3-9,21H,2H2,1H3,(H,22,23,24). The maximum atomic E-state index is 12.5. The molecule has 4 rings (SSSR count). The number of ether oxygens (including phenoxy) is 1. The normalized spacial score (nSPS) is 11.0. The smallest absolute Gasteiger partial charge is 0.338 e. The average Bonchev–Trinajstić information content (AvgIpc) is 3.25. The zero-order valence-corrected chi connectivity index (χ0v) is 15.8. The topological polar surface area (TPSA) is 84.1 Å². The second-order valence-corrected chi connectivity index (χ2v) is 7.20. The lowest BCUT2D eigenvalue weighted by Crippen LogP contribution is -2.11. The van der Waals surface area contributed by atoms with Crippen molar-refractivity contribution in [2.75, 3.05) is 11.9 Å². The van der Waals surface area contributed by atoms with Crippen LogP contribution >= 0.6 is 22.9 Å². The lowest BCUT2D eigenvalue weighted by atomic mass is 10.2. The van der Waals surface area contributed by atoms with Crippen LogP contribution in [0.1, 0.15) is 27.8 Å². The first-order valence-corrected chi connectivity index (χ1v) is 9.41. The van der Waals surface area contributed by atoms with Gasteiger partial charge in [0.2, 0.25) is 0 Å². The van der Waals surface area contributed by atoms with Crippen LogP contribution in [0.25, 0.3) is 21.1 Å². The maximum Gasteiger partial charge on any atom is 0.338 e. The van der Waals surface area contributed by atoms with Crippen molar-refractivity contribution < 1.29 is 14.3 Å². The summed E-state index contributed by atoms with van der Waals surface area (Å²) in [6, 6.07) is 12.3. The van der Waals surface area contributed by atoms with E-state index in [0.717, 1.165) is 10.1 Å². The minimum atomic E-state index is -0.381. The fraction of sp³-hybridized carbons (Fsp3) is 0.105. The SMILES string of the molecule is CCOC(=O)c1ccc2nc(NC(=O)c3cc4cccc(Cl)c4[nH]3)sc2c1. The number of amides is 1. The molecule has 0 saturated heterocycles. The van der Waals surface area contributed by atoms with Crippen molar-refractivity contribution in [3.8, 4) is 0 Å². The summed E-state index contributed by atoms with van der Waals surface area (Å²) in [5.41, 5.74) is 2.26. The van der Waals surface area contributed by atoms with Gasteiger partial charge in [0.15, 0.2) is 5.13 Å². The van der Waals surface area contributed by atoms with Gasteiger partial charge >= 0.3 is 5.97 Å². The van der Waals surface area contributed by atoms with Gasteiger partial charge in [-0.05, 0) is 37.3 Å². The highest BCUT2D eigenvalue weighted by Crippen LogP contribution is 2.28. The van der Waals surface area contributed by atoms with Crippen LogP contribution in [0.4, 0.5) is 5.13 Å². The zero-order valence-electron chi connectivity index (χ0n) is 14.2. The van der Waals surface area contributed by atoms with Crippen molar-refractivity contribution in [3.05, 3.63) is 58.7 Å². The van der Waals surface area contributed by atoms with Crippen LogP contribution in [-0.4, -0.2) is 28.5 Å². The van der Waals surface area contributed by atoms with Crippen molar-refractivity contribution in [1.82, 2.24) is 9.97 Å². The van der Waals surface area contributed by atoms with E-state index in [1.807, 2.05) is 12.1 Å². The molecule has 0 aliphatic heterocycles. The summed E-state index contributed by atoms with van der Waals surface area (Å²) in [5, 5.41) is 4.64. The van der Waals surface area contributed by atoms with Crippen molar-refractivity contribution in [2.24, 2.45) is 0 Å². The number of hydrogen-bond acceptors (Lipinski definition) is 5. The number of benzene rings is 2. The Morgan fingerprint density at radius 3 is 2.89 bits per heavy atom. The number of para-hydroxylation sites is 1. The molecule has 0 aliphatic carbocycles. The van der Waals surface area contributed by atoms with Gasteiger partial charge in [0.25, 0.3) is 5.91 Å². The molecular weight excluding hydrogens is 386 g/mol. The fourth-order valence-electron chi connectivity index (χ4n) is 2.73. The molecule has 0 spiro atoms. The van der Waals surface area contributed by atoms with Crippen molar-refractivity contribution >= 4 is 61.1 Å². The molecule has 0 bridgehead atoms. The lowest BCUT2D eigenvalue weighted by Gasteiger charge is -2.00. The minimum absolute atomic E-state index is 0.313. The van der Waals surface area contributed by atoms with E-state index < -0.39 is 0 Å². The molecule has 136 valence electrons. The highest BCUT2D eigenvalue weighted by Gasteiger charge is 2.15. The van der Waals surface area contributed by atoms with Crippen LogP contribution in [0, 0.1) is 0 Å². The van der Waals surface area contributed by atoms with Crippen LogP contribution in [0.15, 0.2) is 42.5 Å². The number of rotatable bonds is 4. The molecule has 0 fully saturated rings. The Kier molecular flexibility index (Phi) is 4.55. The molecule has 0 aliphatic rings. The van der Waals surface area contributed by atoms with Crippen molar-refractivity contribution in [1.29, 1.82) is 0 Å². The summed E-state index contributed by atoms with van der Waals surface area (Å²) in [6.45, 7) is 2.07. The van der Waals surface area contributed by atoms with E-state index in [9.17, 15) is 9.59 Å². The number of aromatic nitrogens is 2. The molecule has 2 aromatic carbocycles. The zero-order chi connectivity index (χ0) is 19.0. The third kappa shape index (κ3) is 3.39. The molecule has 0 saturated carbocycles. The van der Waals surface area contributed by atoms with E-state index in [-0.39, 0.29) is 11.9 Å². The first-order chi connectivity index (χ1) is 13.0. The number of halogens is 1. The van der Waals surface area contributed by atoms with Gasteiger partial charge in [-0.15, -0.1) is 0 Å². The third-order valence-corrected chi connectivity index (χ3v) is 5.22. The Bertz CT molecular complexity index is 1180. The van der Waals surface area contributed by atoms with Crippen LogP contribution in [0.3, 0.4) is 0 Å².